The third kappa shape index (κ3) is 1.54. The van der Waals surface area contributed by atoms with Crippen LogP contribution in [0.1, 0.15) is 5.56 Å². The molecule has 0 aliphatic heterocycles. The highest BCUT2D eigenvalue weighted by Crippen LogP contribution is 2.05. The number of hydrogen-bond donors (Lipinski definition) is 0. The summed E-state index contributed by atoms with van der Waals surface area (Å²) >= 11 is 0. The maximum atomic E-state index is 11.3. The highest BCUT2D eigenvalue weighted by atomic mass is 16.1. The van der Waals surface area contributed by atoms with Crippen molar-refractivity contribution in [1.82, 2.24) is 14.5 Å². The molecule has 0 fully saturated rings. The number of rotatable bonds is 1. The third-order valence-electron chi connectivity index (χ3n) is 1.94. The van der Waals surface area contributed by atoms with Crippen molar-refractivity contribution < 1.29 is 0 Å². The third-order valence-corrected chi connectivity index (χ3v) is 1.94. The van der Waals surface area contributed by atoms with E-state index < -0.39 is 0 Å². The number of aromatic nitrogens is 3. The molecule has 0 atom stereocenters. The highest BCUT2D eigenvalue weighted by Gasteiger charge is 1.97. The van der Waals surface area contributed by atoms with Crippen molar-refractivity contribution in [3.8, 4) is 5.69 Å². The number of aryl methyl sites for hydroxylation is 1. The van der Waals surface area contributed by atoms with Gasteiger partial charge in [-0.3, -0.25) is 4.57 Å². The van der Waals surface area contributed by atoms with Crippen LogP contribution in [0.25, 0.3) is 5.69 Å². The molecule has 1 aromatic heterocycles. The molecule has 2 aromatic rings. The molecule has 0 saturated heterocycles. The summed E-state index contributed by atoms with van der Waals surface area (Å²) in [6.45, 7) is 1.99. The lowest BCUT2D eigenvalue weighted by Gasteiger charge is -2.02. The van der Waals surface area contributed by atoms with Gasteiger partial charge in [-0.2, -0.15) is 4.98 Å². The van der Waals surface area contributed by atoms with Crippen molar-refractivity contribution in [3.05, 3.63) is 53.0 Å². The number of hydrogen-bond acceptors (Lipinski definition) is 3. The maximum absolute atomic E-state index is 11.3. The molecule has 0 saturated carbocycles. The minimum Gasteiger partial charge on any atom is -0.251 e. The fourth-order valence-corrected chi connectivity index (χ4v) is 1.17. The van der Waals surface area contributed by atoms with Crippen molar-refractivity contribution in [3.63, 3.8) is 0 Å². The predicted octanol–water partition coefficient (Wildman–Crippen LogP) is 0.936. The van der Waals surface area contributed by atoms with Crippen LogP contribution >= 0.6 is 0 Å². The van der Waals surface area contributed by atoms with Crippen LogP contribution in [0.2, 0.25) is 0 Å². The molecule has 0 N–H and O–H groups in total. The Morgan fingerprint density at radius 3 is 2.57 bits per heavy atom. The van der Waals surface area contributed by atoms with Gasteiger partial charge in [0.15, 0.2) is 0 Å². The van der Waals surface area contributed by atoms with Crippen LogP contribution in [-0.4, -0.2) is 14.5 Å². The minimum atomic E-state index is -0.316. The Balaban J connectivity index is 2.56. The van der Waals surface area contributed by atoms with E-state index in [1.807, 2.05) is 31.2 Å². The smallest absolute Gasteiger partial charge is 0.251 e. The van der Waals surface area contributed by atoms with Crippen LogP contribution in [0.15, 0.2) is 41.7 Å². The SMILES string of the molecule is Cc1ccc(-n2cncnc2=O)cc1. The van der Waals surface area contributed by atoms with Crippen LogP contribution in [-0.2, 0) is 0 Å². The Labute approximate surface area is 80.9 Å². The van der Waals surface area contributed by atoms with Gasteiger partial charge in [-0.1, -0.05) is 17.7 Å². The zero-order valence-electron chi connectivity index (χ0n) is 7.71. The lowest BCUT2D eigenvalue weighted by Crippen LogP contribution is -2.20. The molecule has 1 heterocycles. The van der Waals surface area contributed by atoms with Crippen LogP contribution in [0.5, 0.6) is 0 Å². The monoisotopic (exact) mass is 187 g/mol. The van der Waals surface area contributed by atoms with E-state index in [0.29, 0.717) is 0 Å². The summed E-state index contributed by atoms with van der Waals surface area (Å²) in [5.41, 5.74) is 1.61. The summed E-state index contributed by atoms with van der Waals surface area (Å²) in [5.74, 6) is 0. The fourth-order valence-electron chi connectivity index (χ4n) is 1.17. The summed E-state index contributed by atoms with van der Waals surface area (Å²) in [7, 11) is 0. The molecule has 70 valence electrons. The largest absolute Gasteiger partial charge is 0.354 e. The summed E-state index contributed by atoms with van der Waals surface area (Å²) in [5, 5.41) is 0. The van der Waals surface area contributed by atoms with Gasteiger partial charge >= 0.3 is 5.69 Å². The molecule has 0 bridgehead atoms. The van der Waals surface area contributed by atoms with E-state index in [2.05, 4.69) is 9.97 Å². The first-order valence-electron chi connectivity index (χ1n) is 4.23. The quantitative estimate of drug-likeness (QED) is 0.667. The summed E-state index contributed by atoms with van der Waals surface area (Å²) in [6.07, 6.45) is 2.70. The second-order valence-electron chi connectivity index (χ2n) is 3.00. The van der Waals surface area contributed by atoms with Crippen LogP contribution < -0.4 is 5.69 Å². The molecular formula is C10H9N3O. The molecule has 0 aliphatic rings. The fraction of sp³-hybridized carbons (Fsp3) is 0.100. The maximum Gasteiger partial charge on any atom is 0.354 e. The second kappa shape index (κ2) is 3.41. The molecule has 0 unspecified atom stereocenters. The van der Waals surface area contributed by atoms with Gasteiger partial charge in [0, 0.05) is 0 Å². The van der Waals surface area contributed by atoms with Gasteiger partial charge in [0.2, 0.25) is 0 Å². The Kier molecular flexibility index (Phi) is 2.10. The Bertz CT molecular complexity index is 487. The Hall–Kier alpha value is -1.97. The molecule has 4 nitrogen and oxygen atoms in total. The first-order chi connectivity index (χ1) is 6.77. The normalized spacial score (nSPS) is 10.1. The Morgan fingerprint density at radius 1 is 1.21 bits per heavy atom. The predicted molar refractivity (Wildman–Crippen MR) is 52.4 cm³/mol. The van der Waals surface area contributed by atoms with E-state index >= 15 is 0 Å². The van der Waals surface area contributed by atoms with Crippen LogP contribution in [0.3, 0.4) is 0 Å². The van der Waals surface area contributed by atoms with Gasteiger partial charge in [0.25, 0.3) is 0 Å². The van der Waals surface area contributed by atoms with Crippen molar-refractivity contribution >= 4 is 0 Å². The standard InChI is InChI=1S/C10H9N3O/c1-8-2-4-9(5-3-8)13-7-11-6-12-10(13)14/h2-7H,1H3. The van der Waals surface area contributed by atoms with Gasteiger partial charge < -0.3 is 0 Å². The first kappa shape index (κ1) is 8.62. The topological polar surface area (TPSA) is 47.8 Å². The van der Waals surface area contributed by atoms with E-state index in [4.69, 9.17) is 0 Å². The van der Waals surface area contributed by atoms with Crippen LogP contribution in [0.4, 0.5) is 0 Å². The summed E-state index contributed by atoms with van der Waals surface area (Å²) in [4.78, 5) is 18.7. The molecule has 0 spiro atoms. The molecule has 14 heavy (non-hydrogen) atoms. The average Bonchev–Trinajstić information content (AvgIpc) is 2.20. The first-order valence-corrected chi connectivity index (χ1v) is 4.23. The van der Waals surface area contributed by atoms with E-state index in [1.165, 1.54) is 17.2 Å². The summed E-state index contributed by atoms with van der Waals surface area (Å²) in [6, 6.07) is 7.60. The van der Waals surface area contributed by atoms with E-state index in [9.17, 15) is 4.79 Å². The number of benzene rings is 1. The lowest BCUT2D eigenvalue weighted by atomic mass is 10.2. The molecule has 0 amide bonds. The van der Waals surface area contributed by atoms with Crippen molar-refractivity contribution in [1.29, 1.82) is 0 Å². The zero-order chi connectivity index (χ0) is 9.97. The second-order valence-corrected chi connectivity index (χ2v) is 3.00. The zero-order valence-corrected chi connectivity index (χ0v) is 7.71. The van der Waals surface area contributed by atoms with E-state index in [1.54, 1.807) is 0 Å². The van der Waals surface area contributed by atoms with E-state index in [-0.39, 0.29) is 5.69 Å². The van der Waals surface area contributed by atoms with Gasteiger partial charge in [-0.05, 0) is 19.1 Å². The Morgan fingerprint density at radius 2 is 1.93 bits per heavy atom. The highest BCUT2D eigenvalue weighted by molar-refractivity contribution is 5.33. The minimum absolute atomic E-state index is 0.316. The van der Waals surface area contributed by atoms with Crippen molar-refractivity contribution in [2.45, 2.75) is 6.92 Å². The molecule has 2 rings (SSSR count). The molecule has 0 radical (unpaired) electrons. The average molecular weight is 187 g/mol. The van der Waals surface area contributed by atoms with Crippen molar-refractivity contribution in [2.75, 3.05) is 0 Å². The molecular weight excluding hydrogens is 178 g/mol. The van der Waals surface area contributed by atoms with E-state index in [0.717, 1.165) is 11.3 Å². The van der Waals surface area contributed by atoms with Gasteiger partial charge in [-0.25, -0.2) is 9.78 Å². The summed E-state index contributed by atoms with van der Waals surface area (Å²) < 4.78 is 1.40. The molecule has 4 heteroatoms. The van der Waals surface area contributed by atoms with Crippen LogP contribution in [0, 0.1) is 6.92 Å². The van der Waals surface area contributed by atoms with Crippen molar-refractivity contribution in [2.24, 2.45) is 0 Å². The number of nitrogens with zero attached hydrogens (tertiary/aromatic N) is 3. The van der Waals surface area contributed by atoms with Gasteiger partial charge in [-0.15, -0.1) is 0 Å². The molecule has 1 aromatic carbocycles. The van der Waals surface area contributed by atoms with Gasteiger partial charge in [0.1, 0.15) is 12.7 Å². The van der Waals surface area contributed by atoms with Gasteiger partial charge in [0.05, 0.1) is 5.69 Å². The molecule has 0 aliphatic carbocycles. The lowest BCUT2D eigenvalue weighted by molar-refractivity contribution is 0.857.